The van der Waals surface area contributed by atoms with Gasteiger partial charge in [-0.2, -0.15) is 0 Å². The SMILES string of the molecule is CCCc1cc(Cl)nc(-c2cc(F)cc(Cl)c2)n1. The summed E-state index contributed by atoms with van der Waals surface area (Å²) in [5.74, 6) is -0.0227. The molecule has 0 aliphatic heterocycles. The normalized spacial score (nSPS) is 10.7. The topological polar surface area (TPSA) is 25.8 Å². The second-order valence-corrected chi connectivity index (χ2v) is 4.74. The summed E-state index contributed by atoms with van der Waals surface area (Å²) in [5, 5.41) is 0.662. The molecule has 1 heterocycles. The summed E-state index contributed by atoms with van der Waals surface area (Å²) in [6.07, 6.45) is 1.76. The first-order valence-corrected chi connectivity index (χ1v) is 6.34. The van der Waals surface area contributed by atoms with Crippen molar-refractivity contribution in [1.29, 1.82) is 0 Å². The van der Waals surface area contributed by atoms with Gasteiger partial charge in [0.25, 0.3) is 0 Å². The average molecular weight is 285 g/mol. The number of nitrogens with zero attached hydrogens (tertiary/aromatic N) is 2. The quantitative estimate of drug-likeness (QED) is 0.773. The van der Waals surface area contributed by atoms with Crippen LogP contribution in [0.3, 0.4) is 0 Å². The first kappa shape index (κ1) is 13.2. The fraction of sp³-hybridized carbons (Fsp3) is 0.231. The molecule has 0 atom stereocenters. The Morgan fingerprint density at radius 3 is 2.56 bits per heavy atom. The third-order valence-corrected chi connectivity index (χ3v) is 2.79. The maximum atomic E-state index is 13.3. The molecule has 0 N–H and O–H groups in total. The van der Waals surface area contributed by atoms with Gasteiger partial charge in [-0.1, -0.05) is 36.5 Å². The molecule has 0 spiro atoms. The summed E-state index contributed by atoms with van der Waals surface area (Å²) in [4.78, 5) is 8.45. The van der Waals surface area contributed by atoms with E-state index < -0.39 is 5.82 Å². The maximum Gasteiger partial charge on any atom is 0.161 e. The molecule has 2 aromatic rings. The average Bonchev–Trinajstić information content (AvgIpc) is 2.27. The summed E-state index contributed by atoms with van der Waals surface area (Å²) in [7, 11) is 0. The zero-order chi connectivity index (χ0) is 13.1. The maximum absolute atomic E-state index is 13.3. The van der Waals surface area contributed by atoms with E-state index >= 15 is 0 Å². The lowest BCUT2D eigenvalue weighted by Crippen LogP contribution is -1.96. The van der Waals surface area contributed by atoms with Crippen LogP contribution in [0.5, 0.6) is 0 Å². The summed E-state index contributed by atoms with van der Waals surface area (Å²) in [6, 6.07) is 5.91. The van der Waals surface area contributed by atoms with E-state index in [4.69, 9.17) is 23.2 Å². The minimum absolute atomic E-state index is 0.311. The predicted octanol–water partition coefficient (Wildman–Crippen LogP) is 4.54. The van der Waals surface area contributed by atoms with Crippen molar-refractivity contribution < 1.29 is 4.39 Å². The lowest BCUT2D eigenvalue weighted by Gasteiger charge is -2.05. The molecular weight excluding hydrogens is 274 g/mol. The molecule has 0 saturated heterocycles. The number of halogens is 3. The van der Waals surface area contributed by atoms with Gasteiger partial charge in [-0.3, -0.25) is 0 Å². The molecule has 1 aromatic carbocycles. The van der Waals surface area contributed by atoms with Crippen molar-refractivity contribution in [2.24, 2.45) is 0 Å². The van der Waals surface area contributed by atoms with Crippen molar-refractivity contribution in [2.75, 3.05) is 0 Å². The van der Waals surface area contributed by atoms with Crippen LogP contribution in [0.15, 0.2) is 24.3 Å². The molecule has 2 rings (SSSR count). The van der Waals surface area contributed by atoms with Crippen LogP contribution < -0.4 is 0 Å². The summed E-state index contributed by atoms with van der Waals surface area (Å²) >= 11 is 11.7. The van der Waals surface area contributed by atoms with Crippen molar-refractivity contribution in [2.45, 2.75) is 19.8 Å². The predicted molar refractivity (Wildman–Crippen MR) is 71.4 cm³/mol. The molecule has 94 valence electrons. The molecule has 0 amide bonds. The number of hydrogen-bond acceptors (Lipinski definition) is 2. The van der Waals surface area contributed by atoms with E-state index in [1.807, 2.05) is 0 Å². The zero-order valence-corrected chi connectivity index (χ0v) is 11.3. The highest BCUT2D eigenvalue weighted by atomic mass is 35.5. The Morgan fingerprint density at radius 1 is 1.11 bits per heavy atom. The van der Waals surface area contributed by atoms with Crippen LogP contribution >= 0.6 is 23.2 Å². The van der Waals surface area contributed by atoms with Crippen molar-refractivity contribution in [3.63, 3.8) is 0 Å². The highest BCUT2D eigenvalue weighted by Gasteiger charge is 2.08. The van der Waals surface area contributed by atoms with Gasteiger partial charge in [0.2, 0.25) is 0 Å². The fourth-order valence-corrected chi connectivity index (χ4v) is 2.09. The van der Waals surface area contributed by atoms with Gasteiger partial charge in [0.05, 0.1) is 0 Å². The summed E-state index contributed by atoms with van der Waals surface area (Å²) < 4.78 is 13.3. The van der Waals surface area contributed by atoms with E-state index in [2.05, 4.69) is 16.9 Å². The Labute approximate surface area is 115 Å². The molecular formula is C13H11Cl2FN2. The fourth-order valence-electron chi connectivity index (χ4n) is 1.66. The molecule has 1 aromatic heterocycles. The first-order valence-electron chi connectivity index (χ1n) is 5.58. The van der Waals surface area contributed by atoms with Crippen molar-refractivity contribution in [3.05, 3.63) is 46.0 Å². The highest BCUT2D eigenvalue weighted by molar-refractivity contribution is 6.31. The minimum atomic E-state index is -0.418. The Hall–Kier alpha value is -1.19. The highest BCUT2D eigenvalue weighted by Crippen LogP contribution is 2.23. The van der Waals surface area contributed by atoms with Gasteiger partial charge in [-0.25, -0.2) is 14.4 Å². The van der Waals surface area contributed by atoms with Gasteiger partial charge in [-0.05, 0) is 30.7 Å². The van der Waals surface area contributed by atoms with E-state index in [9.17, 15) is 4.39 Å². The first-order chi connectivity index (χ1) is 8.58. The van der Waals surface area contributed by atoms with Crippen molar-refractivity contribution in [3.8, 4) is 11.4 Å². The Balaban J connectivity index is 2.49. The molecule has 0 bridgehead atoms. The largest absolute Gasteiger partial charge is 0.233 e. The van der Waals surface area contributed by atoms with Gasteiger partial charge in [0.1, 0.15) is 11.0 Å². The van der Waals surface area contributed by atoms with Gasteiger partial charge < -0.3 is 0 Å². The van der Waals surface area contributed by atoms with Crippen molar-refractivity contribution >= 4 is 23.2 Å². The second-order valence-electron chi connectivity index (χ2n) is 3.91. The van der Waals surface area contributed by atoms with Crippen LogP contribution in [0.1, 0.15) is 19.0 Å². The number of benzene rings is 1. The van der Waals surface area contributed by atoms with Crippen LogP contribution in [0, 0.1) is 5.82 Å². The number of rotatable bonds is 3. The molecule has 0 aliphatic rings. The smallest absolute Gasteiger partial charge is 0.161 e. The van der Waals surface area contributed by atoms with E-state index in [1.165, 1.54) is 12.1 Å². The molecule has 0 radical (unpaired) electrons. The number of aryl methyl sites for hydroxylation is 1. The Kier molecular flexibility index (Phi) is 4.15. The molecule has 0 unspecified atom stereocenters. The van der Waals surface area contributed by atoms with Crippen LogP contribution in [0.4, 0.5) is 4.39 Å². The molecule has 5 heteroatoms. The molecule has 0 aliphatic carbocycles. The van der Waals surface area contributed by atoms with Crippen LogP contribution in [-0.2, 0) is 6.42 Å². The van der Waals surface area contributed by atoms with E-state index in [0.29, 0.717) is 21.6 Å². The van der Waals surface area contributed by atoms with Gasteiger partial charge >= 0.3 is 0 Å². The molecule has 0 fully saturated rings. The minimum Gasteiger partial charge on any atom is -0.233 e. The van der Waals surface area contributed by atoms with Crippen LogP contribution in [0.2, 0.25) is 10.2 Å². The van der Waals surface area contributed by atoms with Gasteiger partial charge in [0.15, 0.2) is 5.82 Å². The Bertz CT molecular complexity index is 553. The molecule has 18 heavy (non-hydrogen) atoms. The van der Waals surface area contributed by atoms with Crippen molar-refractivity contribution in [1.82, 2.24) is 9.97 Å². The van der Waals surface area contributed by atoms with E-state index in [0.717, 1.165) is 18.5 Å². The standard InChI is InChI=1S/C13H11Cl2FN2/c1-2-3-11-7-12(15)18-13(17-11)8-4-9(14)6-10(16)5-8/h4-7H,2-3H2,1H3. The van der Waals surface area contributed by atoms with Crippen LogP contribution in [-0.4, -0.2) is 9.97 Å². The second kappa shape index (κ2) is 5.63. The number of hydrogen-bond donors (Lipinski definition) is 0. The van der Waals surface area contributed by atoms with Gasteiger partial charge in [0, 0.05) is 16.3 Å². The summed E-state index contributed by atoms with van der Waals surface area (Å²) in [6.45, 7) is 2.05. The Morgan fingerprint density at radius 2 is 1.89 bits per heavy atom. The number of aromatic nitrogens is 2. The van der Waals surface area contributed by atoms with E-state index in [1.54, 1.807) is 12.1 Å². The molecule has 2 nitrogen and oxygen atoms in total. The molecule has 0 saturated carbocycles. The lowest BCUT2D eigenvalue weighted by molar-refractivity contribution is 0.628. The van der Waals surface area contributed by atoms with Gasteiger partial charge in [-0.15, -0.1) is 0 Å². The van der Waals surface area contributed by atoms with Crippen LogP contribution in [0.25, 0.3) is 11.4 Å². The third kappa shape index (κ3) is 3.18. The third-order valence-electron chi connectivity index (χ3n) is 2.37. The van der Waals surface area contributed by atoms with E-state index in [-0.39, 0.29) is 0 Å². The summed E-state index contributed by atoms with van der Waals surface area (Å²) in [5.41, 5.74) is 1.37. The monoisotopic (exact) mass is 284 g/mol. The zero-order valence-electron chi connectivity index (χ0n) is 9.75. The lowest BCUT2D eigenvalue weighted by atomic mass is 10.2.